The normalized spacial score (nSPS) is 11.4. The highest BCUT2D eigenvalue weighted by Gasteiger charge is 2.30. The molecule has 0 atom stereocenters. The predicted octanol–water partition coefficient (Wildman–Crippen LogP) is 2.30. The van der Waals surface area contributed by atoms with Crippen LogP contribution in [0.1, 0.15) is 5.56 Å². The molecule has 1 amide bonds. The van der Waals surface area contributed by atoms with Crippen LogP contribution in [0.5, 0.6) is 0 Å². The maximum atomic E-state index is 12.6. The number of carbonyl (C=O) groups excluding carboxylic acids is 1. The molecule has 1 N–H and O–H groups in total. The van der Waals surface area contributed by atoms with Gasteiger partial charge in [-0.1, -0.05) is 6.07 Å². The number of rotatable bonds is 4. The van der Waals surface area contributed by atoms with Crippen LogP contribution in [-0.4, -0.2) is 25.2 Å². The quantitative estimate of drug-likeness (QED) is 0.757. The number of hydrogen-bond donors (Lipinski definition) is 1. The smallest absolute Gasteiger partial charge is 0.324 e. The van der Waals surface area contributed by atoms with Crippen LogP contribution in [0.4, 0.5) is 18.9 Å². The number of amides is 1. The Bertz CT molecular complexity index is 1010. The fourth-order valence-corrected chi connectivity index (χ4v) is 2.39. The fraction of sp³-hybridized carbons (Fsp3) is 0.176. The van der Waals surface area contributed by atoms with Crippen molar-refractivity contribution in [2.75, 3.05) is 5.32 Å². The first kappa shape index (κ1) is 18.4. The number of nitrogens with zero attached hydrogens (tertiary/aromatic N) is 4. The average molecular weight is 377 g/mol. The maximum Gasteiger partial charge on any atom is 0.416 e. The van der Waals surface area contributed by atoms with E-state index >= 15 is 0 Å². The van der Waals surface area contributed by atoms with Crippen LogP contribution in [-0.2, 0) is 24.6 Å². The number of carbonyl (C=O) groups is 1. The van der Waals surface area contributed by atoms with Gasteiger partial charge >= 0.3 is 11.9 Å². The van der Waals surface area contributed by atoms with Crippen molar-refractivity contribution in [3.8, 4) is 11.5 Å². The molecule has 2 aromatic heterocycles. The van der Waals surface area contributed by atoms with Crippen LogP contribution in [0.2, 0.25) is 0 Å². The van der Waals surface area contributed by atoms with Crippen LogP contribution >= 0.6 is 0 Å². The van der Waals surface area contributed by atoms with Gasteiger partial charge in [-0.3, -0.25) is 14.3 Å². The number of aromatic nitrogens is 4. The molecule has 0 spiro atoms. The number of anilines is 1. The van der Waals surface area contributed by atoms with Crippen molar-refractivity contribution in [1.82, 2.24) is 19.3 Å². The Morgan fingerprint density at radius 1 is 1.15 bits per heavy atom. The van der Waals surface area contributed by atoms with Crippen molar-refractivity contribution in [3.63, 3.8) is 0 Å². The second-order valence-electron chi connectivity index (χ2n) is 5.66. The average Bonchev–Trinajstić information content (AvgIpc) is 2.90. The molecule has 0 unspecified atom stereocenters. The second-order valence-corrected chi connectivity index (χ2v) is 5.66. The summed E-state index contributed by atoms with van der Waals surface area (Å²) in [4.78, 5) is 28.5. The van der Waals surface area contributed by atoms with Gasteiger partial charge in [0.05, 0.1) is 5.56 Å². The molecule has 0 aliphatic carbocycles. The minimum Gasteiger partial charge on any atom is -0.324 e. The summed E-state index contributed by atoms with van der Waals surface area (Å²) in [5, 5.41) is 6.54. The Morgan fingerprint density at radius 3 is 2.44 bits per heavy atom. The van der Waals surface area contributed by atoms with E-state index in [-0.39, 0.29) is 12.2 Å². The molecule has 0 aliphatic rings. The number of halogens is 3. The molecule has 0 saturated carbocycles. The predicted molar refractivity (Wildman–Crippen MR) is 90.8 cm³/mol. The molecule has 10 heteroatoms. The van der Waals surface area contributed by atoms with Gasteiger partial charge in [-0.2, -0.15) is 13.2 Å². The molecule has 0 bridgehead atoms. The number of hydrogen-bond acceptors (Lipinski definition) is 4. The maximum absolute atomic E-state index is 12.6. The number of benzene rings is 1. The molecule has 3 rings (SSSR count). The Hall–Kier alpha value is -3.43. The first-order valence-corrected chi connectivity index (χ1v) is 7.78. The molecule has 7 nitrogen and oxygen atoms in total. The summed E-state index contributed by atoms with van der Waals surface area (Å²) in [6.07, 6.45) is -2.90. The lowest BCUT2D eigenvalue weighted by atomic mass is 10.2. The Labute approximate surface area is 151 Å². The van der Waals surface area contributed by atoms with E-state index in [9.17, 15) is 22.8 Å². The summed E-state index contributed by atoms with van der Waals surface area (Å²) in [5.74, 6) is -0.301. The summed E-state index contributed by atoms with van der Waals surface area (Å²) >= 11 is 0. The van der Waals surface area contributed by atoms with E-state index in [4.69, 9.17) is 0 Å². The SMILES string of the molecule is Cn1c(-c2ccccn2)nn(CC(=O)Nc2ccc(C(F)(F)F)cc2)c1=O. The van der Waals surface area contributed by atoms with Crippen molar-refractivity contribution in [1.29, 1.82) is 0 Å². The molecule has 1 aromatic carbocycles. The van der Waals surface area contributed by atoms with Crippen LogP contribution in [0.15, 0.2) is 53.5 Å². The zero-order valence-corrected chi connectivity index (χ0v) is 14.1. The van der Waals surface area contributed by atoms with Gasteiger partial charge in [0.25, 0.3) is 0 Å². The van der Waals surface area contributed by atoms with Gasteiger partial charge in [-0.15, -0.1) is 5.10 Å². The minimum absolute atomic E-state index is 0.182. The standard InChI is InChI=1S/C17H14F3N5O2/c1-24-15(13-4-2-3-9-21-13)23-25(16(24)27)10-14(26)22-12-7-5-11(6-8-12)17(18,19)20/h2-9H,10H2,1H3,(H,22,26). The first-order chi connectivity index (χ1) is 12.8. The van der Waals surface area contributed by atoms with Crippen molar-refractivity contribution >= 4 is 11.6 Å². The second kappa shape index (κ2) is 7.06. The van der Waals surface area contributed by atoms with Crippen LogP contribution in [0.25, 0.3) is 11.5 Å². The highest BCUT2D eigenvalue weighted by Crippen LogP contribution is 2.29. The molecule has 27 heavy (non-hydrogen) atoms. The summed E-state index contributed by atoms with van der Waals surface area (Å²) in [7, 11) is 1.50. The van der Waals surface area contributed by atoms with Crippen LogP contribution in [0, 0.1) is 0 Å². The summed E-state index contributed by atoms with van der Waals surface area (Å²) in [6, 6.07) is 9.14. The van der Waals surface area contributed by atoms with Gasteiger partial charge in [-0.05, 0) is 36.4 Å². The molecular formula is C17H14F3N5O2. The van der Waals surface area contributed by atoms with Gasteiger partial charge < -0.3 is 5.32 Å². The van der Waals surface area contributed by atoms with Crippen molar-refractivity contribution in [2.45, 2.75) is 12.7 Å². The minimum atomic E-state index is -4.45. The zero-order valence-electron chi connectivity index (χ0n) is 14.1. The molecule has 0 aliphatic heterocycles. The van der Waals surface area contributed by atoms with Gasteiger partial charge in [0, 0.05) is 18.9 Å². The lowest BCUT2D eigenvalue weighted by Crippen LogP contribution is -2.29. The Kier molecular flexibility index (Phi) is 4.80. The lowest BCUT2D eigenvalue weighted by molar-refractivity contribution is -0.137. The third-order valence-corrected chi connectivity index (χ3v) is 3.72. The van der Waals surface area contributed by atoms with Gasteiger partial charge in [0.1, 0.15) is 12.2 Å². The topological polar surface area (TPSA) is 81.8 Å². The number of pyridine rings is 1. The van der Waals surface area contributed by atoms with E-state index in [0.29, 0.717) is 11.5 Å². The monoisotopic (exact) mass is 377 g/mol. The van der Waals surface area contributed by atoms with Gasteiger partial charge in [-0.25, -0.2) is 9.48 Å². The van der Waals surface area contributed by atoms with E-state index in [2.05, 4.69) is 15.4 Å². The first-order valence-electron chi connectivity index (χ1n) is 7.78. The van der Waals surface area contributed by atoms with E-state index < -0.39 is 23.3 Å². The summed E-state index contributed by atoms with van der Waals surface area (Å²) in [5.41, 5.74) is -0.680. The summed E-state index contributed by atoms with van der Waals surface area (Å²) < 4.78 is 39.9. The molecule has 2 heterocycles. The van der Waals surface area contributed by atoms with Crippen molar-refractivity contribution in [2.24, 2.45) is 7.05 Å². The fourth-order valence-electron chi connectivity index (χ4n) is 2.39. The molecule has 0 fully saturated rings. The van der Waals surface area contributed by atoms with E-state index in [1.165, 1.54) is 11.6 Å². The highest BCUT2D eigenvalue weighted by atomic mass is 19.4. The third-order valence-electron chi connectivity index (χ3n) is 3.72. The van der Waals surface area contributed by atoms with Crippen LogP contribution < -0.4 is 11.0 Å². The number of nitrogens with one attached hydrogen (secondary N) is 1. The Morgan fingerprint density at radius 2 is 1.85 bits per heavy atom. The largest absolute Gasteiger partial charge is 0.416 e. The molecule has 140 valence electrons. The number of alkyl halides is 3. The summed E-state index contributed by atoms with van der Waals surface area (Å²) in [6.45, 7) is -0.388. The molecule has 0 saturated heterocycles. The van der Waals surface area contributed by atoms with E-state index in [1.54, 1.807) is 24.4 Å². The third kappa shape index (κ3) is 4.05. The molecular weight excluding hydrogens is 363 g/mol. The van der Waals surface area contributed by atoms with Crippen molar-refractivity contribution < 1.29 is 18.0 Å². The van der Waals surface area contributed by atoms with Gasteiger partial charge in [0.2, 0.25) is 5.91 Å². The Balaban J connectivity index is 1.74. The lowest BCUT2D eigenvalue weighted by Gasteiger charge is -2.08. The van der Waals surface area contributed by atoms with Crippen LogP contribution in [0.3, 0.4) is 0 Å². The van der Waals surface area contributed by atoms with Crippen molar-refractivity contribution in [3.05, 3.63) is 64.7 Å². The molecule has 0 radical (unpaired) electrons. The molecule has 3 aromatic rings. The highest BCUT2D eigenvalue weighted by molar-refractivity contribution is 5.90. The van der Waals surface area contributed by atoms with Gasteiger partial charge in [0.15, 0.2) is 5.82 Å². The van der Waals surface area contributed by atoms with E-state index in [1.807, 2.05) is 0 Å². The van der Waals surface area contributed by atoms with E-state index in [0.717, 1.165) is 28.9 Å². The zero-order chi connectivity index (χ0) is 19.6.